The fourth-order valence-corrected chi connectivity index (χ4v) is 2.71. The molecule has 1 fully saturated rings. The minimum atomic E-state index is 0.932. The third kappa shape index (κ3) is 1.73. The number of rotatable bonds is 2. The highest BCUT2D eigenvalue weighted by molar-refractivity contribution is 5.82. The molecule has 0 bridgehead atoms. The largest absolute Gasteiger partial charge is 0.0622 e. The molecule has 0 spiro atoms. The Bertz CT molecular complexity index is 498. The summed E-state index contributed by atoms with van der Waals surface area (Å²) >= 11 is 0. The van der Waals surface area contributed by atoms with Crippen LogP contribution in [0.3, 0.4) is 0 Å². The molecule has 16 heavy (non-hydrogen) atoms. The number of hydrogen-bond acceptors (Lipinski definition) is 0. The SMILES string of the molecule is CC1CCC1Cc1ccc2ccccc2c1. The van der Waals surface area contributed by atoms with E-state index < -0.39 is 0 Å². The highest BCUT2D eigenvalue weighted by Gasteiger charge is 2.26. The van der Waals surface area contributed by atoms with E-state index in [1.54, 1.807) is 0 Å². The van der Waals surface area contributed by atoms with E-state index in [0.717, 1.165) is 11.8 Å². The van der Waals surface area contributed by atoms with Crippen LogP contribution in [-0.2, 0) is 6.42 Å². The zero-order valence-electron chi connectivity index (χ0n) is 9.82. The van der Waals surface area contributed by atoms with Crippen molar-refractivity contribution in [3.8, 4) is 0 Å². The van der Waals surface area contributed by atoms with Crippen LogP contribution < -0.4 is 0 Å². The molecule has 2 atom stereocenters. The third-order valence-corrected chi connectivity index (χ3v) is 4.11. The summed E-state index contributed by atoms with van der Waals surface area (Å²) in [6.45, 7) is 2.38. The summed E-state index contributed by atoms with van der Waals surface area (Å²) in [5, 5.41) is 2.74. The van der Waals surface area contributed by atoms with E-state index in [2.05, 4.69) is 49.4 Å². The van der Waals surface area contributed by atoms with Crippen LogP contribution in [0.25, 0.3) is 10.8 Å². The van der Waals surface area contributed by atoms with Gasteiger partial charge < -0.3 is 0 Å². The molecule has 0 radical (unpaired) electrons. The maximum atomic E-state index is 2.38. The molecule has 0 aliphatic heterocycles. The lowest BCUT2D eigenvalue weighted by molar-refractivity contribution is 0.196. The molecule has 0 heteroatoms. The molecular formula is C16H18. The molecule has 0 saturated heterocycles. The molecule has 0 heterocycles. The van der Waals surface area contributed by atoms with Gasteiger partial charge in [0, 0.05) is 0 Å². The second-order valence-electron chi connectivity index (χ2n) is 5.20. The fourth-order valence-electron chi connectivity index (χ4n) is 2.71. The van der Waals surface area contributed by atoms with Crippen molar-refractivity contribution in [2.24, 2.45) is 11.8 Å². The van der Waals surface area contributed by atoms with Crippen LogP contribution >= 0.6 is 0 Å². The van der Waals surface area contributed by atoms with Gasteiger partial charge in [-0.3, -0.25) is 0 Å². The van der Waals surface area contributed by atoms with Crippen molar-refractivity contribution in [2.45, 2.75) is 26.2 Å². The van der Waals surface area contributed by atoms with E-state index in [0.29, 0.717) is 0 Å². The molecule has 1 aliphatic rings. The minimum absolute atomic E-state index is 0.932. The van der Waals surface area contributed by atoms with Gasteiger partial charge in [-0.1, -0.05) is 55.8 Å². The second-order valence-corrected chi connectivity index (χ2v) is 5.20. The molecule has 0 nitrogen and oxygen atoms in total. The van der Waals surface area contributed by atoms with Crippen LogP contribution in [0.4, 0.5) is 0 Å². The number of benzene rings is 2. The lowest BCUT2D eigenvalue weighted by Crippen LogP contribution is -2.24. The van der Waals surface area contributed by atoms with Crippen molar-refractivity contribution in [3.05, 3.63) is 48.0 Å². The first kappa shape index (κ1) is 9.89. The summed E-state index contributed by atoms with van der Waals surface area (Å²) in [7, 11) is 0. The molecule has 1 saturated carbocycles. The molecule has 82 valence electrons. The molecule has 0 aromatic heterocycles. The summed E-state index contributed by atoms with van der Waals surface area (Å²) in [6, 6.07) is 15.5. The predicted octanol–water partition coefficient (Wildman–Crippen LogP) is 4.43. The Morgan fingerprint density at radius 1 is 1.00 bits per heavy atom. The van der Waals surface area contributed by atoms with Gasteiger partial charge in [0.2, 0.25) is 0 Å². The zero-order chi connectivity index (χ0) is 11.0. The van der Waals surface area contributed by atoms with Crippen LogP contribution in [0.15, 0.2) is 42.5 Å². The van der Waals surface area contributed by atoms with E-state index in [4.69, 9.17) is 0 Å². The maximum absolute atomic E-state index is 2.38. The van der Waals surface area contributed by atoms with Crippen molar-refractivity contribution < 1.29 is 0 Å². The minimum Gasteiger partial charge on any atom is -0.0622 e. The molecule has 0 amide bonds. The van der Waals surface area contributed by atoms with Gasteiger partial charge in [0.05, 0.1) is 0 Å². The van der Waals surface area contributed by atoms with Gasteiger partial charge >= 0.3 is 0 Å². The summed E-state index contributed by atoms with van der Waals surface area (Å²) in [5.41, 5.74) is 1.51. The Kier molecular flexibility index (Phi) is 2.43. The van der Waals surface area contributed by atoms with Gasteiger partial charge in [0.25, 0.3) is 0 Å². The lowest BCUT2D eigenvalue weighted by Gasteiger charge is -2.34. The van der Waals surface area contributed by atoms with Crippen molar-refractivity contribution in [1.29, 1.82) is 0 Å². The van der Waals surface area contributed by atoms with Crippen molar-refractivity contribution >= 4 is 10.8 Å². The van der Waals surface area contributed by atoms with E-state index in [1.807, 2.05) is 0 Å². The Morgan fingerprint density at radius 3 is 2.50 bits per heavy atom. The topological polar surface area (TPSA) is 0 Å². The predicted molar refractivity (Wildman–Crippen MR) is 69.5 cm³/mol. The molecule has 0 N–H and O–H groups in total. The van der Waals surface area contributed by atoms with Crippen molar-refractivity contribution in [2.75, 3.05) is 0 Å². The van der Waals surface area contributed by atoms with Gasteiger partial charge in [0.15, 0.2) is 0 Å². The average Bonchev–Trinajstić information content (AvgIpc) is 2.34. The highest BCUT2D eigenvalue weighted by Crippen LogP contribution is 2.36. The summed E-state index contributed by atoms with van der Waals surface area (Å²) < 4.78 is 0. The Labute approximate surface area is 97.3 Å². The first-order chi connectivity index (χ1) is 7.83. The first-order valence-corrected chi connectivity index (χ1v) is 6.30. The zero-order valence-corrected chi connectivity index (χ0v) is 9.82. The number of fused-ring (bicyclic) bond motifs is 1. The highest BCUT2D eigenvalue weighted by atomic mass is 14.3. The normalized spacial score (nSPS) is 24.3. The first-order valence-electron chi connectivity index (χ1n) is 6.30. The average molecular weight is 210 g/mol. The summed E-state index contributed by atoms with van der Waals surface area (Å²) in [6.07, 6.45) is 4.12. The quantitative estimate of drug-likeness (QED) is 0.688. The van der Waals surface area contributed by atoms with Crippen LogP contribution in [0.5, 0.6) is 0 Å². The Hall–Kier alpha value is -1.30. The smallest absolute Gasteiger partial charge is 0.0181 e. The van der Waals surface area contributed by atoms with E-state index >= 15 is 0 Å². The second kappa shape index (κ2) is 3.93. The van der Waals surface area contributed by atoms with Gasteiger partial charge in [-0.15, -0.1) is 0 Å². The standard InChI is InChI=1S/C16H18/c1-12-6-8-15(12)10-13-7-9-14-4-2-3-5-16(14)11-13/h2-5,7,9,11-12,15H,6,8,10H2,1H3. The van der Waals surface area contributed by atoms with Crippen LogP contribution in [0.2, 0.25) is 0 Å². The van der Waals surface area contributed by atoms with E-state index in [1.165, 1.54) is 35.6 Å². The van der Waals surface area contributed by atoms with Gasteiger partial charge in [-0.25, -0.2) is 0 Å². The van der Waals surface area contributed by atoms with Crippen LogP contribution in [0.1, 0.15) is 25.3 Å². The summed E-state index contributed by atoms with van der Waals surface area (Å²) in [5.74, 6) is 1.87. The van der Waals surface area contributed by atoms with Gasteiger partial charge in [-0.05, 0) is 41.0 Å². The molecule has 2 unspecified atom stereocenters. The van der Waals surface area contributed by atoms with Crippen LogP contribution in [-0.4, -0.2) is 0 Å². The van der Waals surface area contributed by atoms with E-state index in [-0.39, 0.29) is 0 Å². The maximum Gasteiger partial charge on any atom is -0.0181 e. The Morgan fingerprint density at radius 2 is 1.81 bits per heavy atom. The number of hydrogen-bond donors (Lipinski definition) is 0. The lowest BCUT2D eigenvalue weighted by atomic mass is 9.72. The fraction of sp³-hybridized carbons (Fsp3) is 0.375. The Balaban J connectivity index is 1.87. The van der Waals surface area contributed by atoms with Crippen molar-refractivity contribution in [1.82, 2.24) is 0 Å². The van der Waals surface area contributed by atoms with Gasteiger partial charge in [0.1, 0.15) is 0 Å². The summed E-state index contributed by atoms with van der Waals surface area (Å²) in [4.78, 5) is 0. The monoisotopic (exact) mass is 210 g/mol. The molecule has 1 aliphatic carbocycles. The molecular weight excluding hydrogens is 192 g/mol. The molecule has 2 aromatic rings. The van der Waals surface area contributed by atoms with Gasteiger partial charge in [-0.2, -0.15) is 0 Å². The molecule has 3 rings (SSSR count). The van der Waals surface area contributed by atoms with Crippen LogP contribution in [0, 0.1) is 11.8 Å². The van der Waals surface area contributed by atoms with Crippen molar-refractivity contribution in [3.63, 3.8) is 0 Å². The third-order valence-electron chi connectivity index (χ3n) is 4.11. The van der Waals surface area contributed by atoms with E-state index in [9.17, 15) is 0 Å². The molecule has 2 aromatic carbocycles.